The van der Waals surface area contributed by atoms with Gasteiger partial charge >= 0.3 is 0 Å². The zero-order valence-electron chi connectivity index (χ0n) is 11.1. The number of nitrogen functional groups attached to an aromatic ring is 1. The Hall–Kier alpha value is -1.26. The summed E-state index contributed by atoms with van der Waals surface area (Å²) in [6.07, 6.45) is 2.23. The van der Waals surface area contributed by atoms with E-state index in [2.05, 4.69) is 0 Å². The van der Waals surface area contributed by atoms with Gasteiger partial charge in [0.05, 0.1) is 11.7 Å². The van der Waals surface area contributed by atoms with Crippen LogP contribution in [0.4, 0.5) is 5.69 Å². The lowest BCUT2D eigenvalue weighted by atomic mass is 10.1. The number of ether oxygens (including phenoxy) is 1. The van der Waals surface area contributed by atoms with Crippen molar-refractivity contribution < 1.29 is 9.53 Å². The van der Waals surface area contributed by atoms with E-state index in [1.165, 1.54) is 0 Å². The van der Waals surface area contributed by atoms with E-state index in [0.29, 0.717) is 29.4 Å². The maximum atomic E-state index is 12.4. The smallest absolute Gasteiger partial charge is 0.256 e. The fraction of sp³-hybridized carbons (Fsp3) is 0.500. The number of nitrogens with zero attached hydrogens (tertiary/aromatic N) is 1. The van der Waals surface area contributed by atoms with Gasteiger partial charge in [-0.15, -0.1) is 0 Å². The molecular weight excluding hydrogens is 264 g/mol. The first-order valence-electron chi connectivity index (χ1n) is 6.57. The number of hydrogen-bond acceptors (Lipinski definition) is 3. The van der Waals surface area contributed by atoms with Gasteiger partial charge in [0.25, 0.3) is 5.91 Å². The number of nitrogens with two attached hydrogens (primary N) is 1. The summed E-state index contributed by atoms with van der Waals surface area (Å²) in [5.74, 6) is -0.0628. The number of likely N-dealkylation sites (N-methyl/N-ethyl adjacent to an activating group) is 1. The van der Waals surface area contributed by atoms with Crippen molar-refractivity contribution in [1.29, 1.82) is 0 Å². The van der Waals surface area contributed by atoms with Crippen molar-refractivity contribution in [3.8, 4) is 0 Å². The first-order valence-corrected chi connectivity index (χ1v) is 6.95. The lowest BCUT2D eigenvalue weighted by Gasteiger charge is -2.24. The van der Waals surface area contributed by atoms with Crippen LogP contribution in [0.1, 0.15) is 30.1 Å². The van der Waals surface area contributed by atoms with Crippen LogP contribution in [0.5, 0.6) is 0 Å². The second kappa shape index (κ2) is 6.26. The van der Waals surface area contributed by atoms with Gasteiger partial charge in [-0.2, -0.15) is 0 Å². The molecule has 2 N–H and O–H groups in total. The van der Waals surface area contributed by atoms with Gasteiger partial charge in [-0.3, -0.25) is 4.79 Å². The maximum absolute atomic E-state index is 12.4. The Morgan fingerprint density at radius 3 is 2.95 bits per heavy atom. The van der Waals surface area contributed by atoms with E-state index in [9.17, 15) is 4.79 Å². The van der Waals surface area contributed by atoms with Crippen molar-refractivity contribution in [2.45, 2.75) is 25.9 Å². The summed E-state index contributed by atoms with van der Waals surface area (Å²) in [5.41, 5.74) is 6.78. The van der Waals surface area contributed by atoms with Crippen LogP contribution < -0.4 is 5.73 Å². The minimum atomic E-state index is -0.0628. The highest BCUT2D eigenvalue weighted by atomic mass is 35.5. The van der Waals surface area contributed by atoms with E-state index in [1.54, 1.807) is 23.1 Å². The maximum Gasteiger partial charge on any atom is 0.256 e. The summed E-state index contributed by atoms with van der Waals surface area (Å²) >= 11 is 5.85. The number of hydrogen-bond donors (Lipinski definition) is 1. The predicted molar refractivity (Wildman–Crippen MR) is 76.4 cm³/mol. The summed E-state index contributed by atoms with van der Waals surface area (Å²) < 4.78 is 5.57. The highest BCUT2D eigenvalue weighted by molar-refractivity contribution is 6.31. The van der Waals surface area contributed by atoms with Crippen molar-refractivity contribution in [2.75, 3.05) is 25.4 Å². The van der Waals surface area contributed by atoms with Gasteiger partial charge in [-0.05, 0) is 38.0 Å². The van der Waals surface area contributed by atoms with Crippen LogP contribution in [0.25, 0.3) is 0 Å². The molecule has 1 fully saturated rings. The molecule has 0 saturated carbocycles. The molecule has 1 aliphatic rings. The van der Waals surface area contributed by atoms with Crippen molar-refractivity contribution in [3.63, 3.8) is 0 Å². The van der Waals surface area contributed by atoms with Crippen molar-refractivity contribution in [3.05, 3.63) is 28.8 Å². The van der Waals surface area contributed by atoms with Gasteiger partial charge in [-0.25, -0.2) is 0 Å². The zero-order valence-corrected chi connectivity index (χ0v) is 11.8. The van der Waals surface area contributed by atoms with Crippen molar-refractivity contribution in [2.24, 2.45) is 0 Å². The van der Waals surface area contributed by atoms with E-state index in [4.69, 9.17) is 22.1 Å². The zero-order chi connectivity index (χ0) is 13.8. The summed E-state index contributed by atoms with van der Waals surface area (Å²) in [6.45, 7) is 4.01. The lowest BCUT2D eigenvalue weighted by Crippen LogP contribution is -2.37. The van der Waals surface area contributed by atoms with Gasteiger partial charge in [0.2, 0.25) is 0 Å². The molecule has 104 valence electrons. The third-order valence-electron chi connectivity index (χ3n) is 3.36. The van der Waals surface area contributed by atoms with E-state index < -0.39 is 0 Å². The topological polar surface area (TPSA) is 55.6 Å². The van der Waals surface area contributed by atoms with Crippen LogP contribution >= 0.6 is 11.6 Å². The summed E-state index contributed by atoms with van der Waals surface area (Å²) in [6, 6.07) is 4.97. The lowest BCUT2D eigenvalue weighted by molar-refractivity contribution is 0.0540. The largest absolute Gasteiger partial charge is 0.398 e. The van der Waals surface area contributed by atoms with E-state index in [1.807, 2.05) is 6.92 Å². The molecule has 0 spiro atoms. The van der Waals surface area contributed by atoms with Crippen LogP contribution in [-0.2, 0) is 4.74 Å². The third-order valence-corrected chi connectivity index (χ3v) is 3.60. The number of carbonyl (C=O) groups is 1. The van der Waals surface area contributed by atoms with Gasteiger partial charge in [0.1, 0.15) is 0 Å². The molecule has 1 heterocycles. The summed E-state index contributed by atoms with van der Waals surface area (Å²) in [5, 5.41) is 0.538. The van der Waals surface area contributed by atoms with Crippen LogP contribution in [0.15, 0.2) is 18.2 Å². The monoisotopic (exact) mass is 282 g/mol. The Bertz CT molecular complexity index is 459. The molecule has 0 aliphatic carbocycles. The van der Waals surface area contributed by atoms with E-state index in [0.717, 1.165) is 19.4 Å². The summed E-state index contributed by atoms with van der Waals surface area (Å²) in [7, 11) is 0. The Morgan fingerprint density at radius 1 is 1.58 bits per heavy atom. The van der Waals surface area contributed by atoms with Gasteiger partial charge < -0.3 is 15.4 Å². The van der Waals surface area contributed by atoms with E-state index >= 15 is 0 Å². The Balaban J connectivity index is 2.10. The second-order valence-corrected chi connectivity index (χ2v) is 5.15. The SMILES string of the molecule is CCN(CC1CCCO1)C(=O)c1ccc(Cl)cc1N. The van der Waals surface area contributed by atoms with Gasteiger partial charge in [-0.1, -0.05) is 11.6 Å². The molecule has 19 heavy (non-hydrogen) atoms. The molecule has 1 amide bonds. The Labute approximate surface area is 118 Å². The number of anilines is 1. The highest BCUT2D eigenvalue weighted by Crippen LogP contribution is 2.21. The minimum Gasteiger partial charge on any atom is -0.398 e. The Kier molecular flexibility index (Phi) is 4.66. The molecule has 1 unspecified atom stereocenters. The standard InChI is InChI=1S/C14H19ClN2O2/c1-2-17(9-11-4-3-7-19-11)14(18)12-6-5-10(15)8-13(12)16/h5-6,8,11H,2-4,7,9,16H2,1H3. The average molecular weight is 283 g/mol. The van der Waals surface area contributed by atoms with Gasteiger partial charge in [0, 0.05) is 30.4 Å². The average Bonchev–Trinajstić information content (AvgIpc) is 2.88. The molecule has 1 aliphatic heterocycles. The Morgan fingerprint density at radius 2 is 2.37 bits per heavy atom. The molecule has 0 radical (unpaired) electrons. The molecule has 1 aromatic rings. The molecule has 1 atom stereocenters. The quantitative estimate of drug-likeness (QED) is 0.864. The van der Waals surface area contributed by atoms with Crippen LogP contribution in [-0.4, -0.2) is 36.6 Å². The third kappa shape index (κ3) is 3.39. The molecule has 2 rings (SSSR count). The van der Waals surface area contributed by atoms with E-state index in [-0.39, 0.29) is 12.0 Å². The van der Waals surface area contributed by atoms with Crippen molar-refractivity contribution in [1.82, 2.24) is 4.90 Å². The molecule has 1 aromatic carbocycles. The van der Waals surface area contributed by atoms with Crippen LogP contribution in [0, 0.1) is 0 Å². The molecule has 0 aromatic heterocycles. The molecule has 0 bridgehead atoms. The number of benzene rings is 1. The molecular formula is C14H19ClN2O2. The molecule has 5 heteroatoms. The van der Waals surface area contributed by atoms with Crippen LogP contribution in [0.3, 0.4) is 0 Å². The molecule has 1 saturated heterocycles. The first-order chi connectivity index (χ1) is 9.11. The minimum absolute atomic E-state index is 0.0628. The number of amides is 1. The first kappa shape index (κ1) is 14.2. The number of carbonyl (C=O) groups excluding carboxylic acids is 1. The van der Waals surface area contributed by atoms with Crippen LogP contribution in [0.2, 0.25) is 5.02 Å². The number of rotatable bonds is 4. The fourth-order valence-electron chi connectivity index (χ4n) is 2.29. The number of halogens is 1. The second-order valence-electron chi connectivity index (χ2n) is 4.71. The van der Waals surface area contributed by atoms with Gasteiger partial charge in [0.15, 0.2) is 0 Å². The molecule has 4 nitrogen and oxygen atoms in total. The highest BCUT2D eigenvalue weighted by Gasteiger charge is 2.23. The van der Waals surface area contributed by atoms with Crippen molar-refractivity contribution >= 4 is 23.2 Å². The summed E-state index contributed by atoms with van der Waals surface area (Å²) in [4.78, 5) is 14.2. The normalized spacial score (nSPS) is 18.5. The fourth-order valence-corrected chi connectivity index (χ4v) is 2.47. The predicted octanol–water partition coefficient (Wildman–Crippen LogP) is 2.56.